The third-order valence-corrected chi connectivity index (χ3v) is 5.46. The third-order valence-electron chi connectivity index (χ3n) is 5.46. The molecule has 2 aromatic carbocycles. The zero-order valence-electron chi connectivity index (χ0n) is 18.1. The summed E-state index contributed by atoms with van der Waals surface area (Å²) in [5, 5.41) is 2.85. The van der Waals surface area contributed by atoms with Gasteiger partial charge in [0, 0.05) is 25.4 Å². The normalized spacial score (nSPS) is 18.6. The Bertz CT molecular complexity index is 942. The van der Waals surface area contributed by atoms with E-state index in [2.05, 4.69) is 11.9 Å². The summed E-state index contributed by atoms with van der Waals surface area (Å²) in [6.07, 6.45) is 1.89. The number of morpholine rings is 1. The van der Waals surface area contributed by atoms with Gasteiger partial charge in [-0.15, -0.1) is 6.58 Å². The molecule has 3 rings (SSSR count). The number of amides is 2. The Morgan fingerprint density at radius 3 is 2.61 bits per heavy atom. The van der Waals surface area contributed by atoms with E-state index in [4.69, 9.17) is 4.74 Å². The third kappa shape index (κ3) is 5.20. The fraction of sp³-hybridized carbons (Fsp3) is 0.360. The first-order chi connectivity index (χ1) is 14.9. The zero-order valence-corrected chi connectivity index (χ0v) is 18.1. The van der Waals surface area contributed by atoms with Gasteiger partial charge in [-0.1, -0.05) is 56.3 Å². The average molecular weight is 425 g/mol. The molecular weight excluding hydrogens is 395 g/mol. The molecule has 31 heavy (non-hydrogen) atoms. The SMILES string of the molecule is C=CCNC(=O)[C@@]1(Cc2ccccc2-c2ccc(F)cc2)CN(C(=O)C(C)C)CCO1. The molecule has 0 spiro atoms. The monoisotopic (exact) mass is 424 g/mol. The number of hydrogen-bond acceptors (Lipinski definition) is 3. The van der Waals surface area contributed by atoms with Gasteiger partial charge in [-0.3, -0.25) is 9.59 Å². The van der Waals surface area contributed by atoms with Gasteiger partial charge in [-0.05, 0) is 28.8 Å². The highest BCUT2D eigenvalue weighted by molar-refractivity contribution is 5.88. The highest BCUT2D eigenvalue weighted by atomic mass is 19.1. The fourth-order valence-corrected chi connectivity index (χ4v) is 3.88. The molecule has 2 amide bonds. The molecule has 0 bridgehead atoms. The average Bonchev–Trinajstić information content (AvgIpc) is 2.78. The van der Waals surface area contributed by atoms with Gasteiger partial charge < -0.3 is 15.0 Å². The summed E-state index contributed by atoms with van der Waals surface area (Å²) in [5.41, 5.74) is 1.42. The summed E-state index contributed by atoms with van der Waals surface area (Å²) in [5.74, 6) is -0.753. The predicted molar refractivity (Wildman–Crippen MR) is 119 cm³/mol. The van der Waals surface area contributed by atoms with Crippen molar-refractivity contribution < 1.29 is 18.7 Å². The highest BCUT2D eigenvalue weighted by Crippen LogP contribution is 2.31. The molecule has 0 saturated carbocycles. The van der Waals surface area contributed by atoms with E-state index in [1.54, 1.807) is 23.1 Å². The Hall–Kier alpha value is -2.99. The molecule has 1 aliphatic heterocycles. The Balaban J connectivity index is 1.98. The first kappa shape index (κ1) is 22.7. The van der Waals surface area contributed by atoms with E-state index in [1.807, 2.05) is 38.1 Å². The number of carbonyl (C=O) groups excluding carboxylic acids is 2. The standard InChI is InChI=1S/C25H29FN2O3/c1-4-13-27-24(30)25(17-28(14-15-31-25)23(29)18(2)3)16-20-7-5-6-8-22(20)19-9-11-21(26)12-10-19/h4-12,18H,1,13-17H2,2-3H3,(H,27,30)/t25-/m1/s1. The van der Waals surface area contributed by atoms with Crippen LogP contribution in [0.15, 0.2) is 61.2 Å². The maximum absolute atomic E-state index is 13.4. The molecule has 1 atom stereocenters. The van der Waals surface area contributed by atoms with Gasteiger partial charge in [0.2, 0.25) is 5.91 Å². The van der Waals surface area contributed by atoms with Crippen molar-refractivity contribution in [1.29, 1.82) is 0 Å². The van der Waals surface area contributed by atoms with Crippen molar-refractivity contribution in [2.75, 3.05) is 26.2 Å². The minimum Gasteiger partial charge on any atom is -0.361 e. The van der Waals surface area contributed by atoms with E-state index < -0.39 is 5.60 Å². The van der Waals surface area contributed by atoms with Crippen LogP contribution >= 0.6 is 0 Å². The van der Waals surface area contributed by atoms with Gasteiger partial charge in [0.05, 0.1) is 13.2 Å². The first-order valence-electron chi connectivity index (χ1n) is 10.5. The molecule has 164 valence electrons. The lowest BCUT2D eigenvalue weighted by molar-refractivity contribution is -0.167. The minimum absolute atomic E-state index is 0.00369. The quantitative estimate of drug-likeness (QED) is 0.691. The van der Waals surface area contributed by atoms with Gasteiger partial charge >= 0.3 is 0 Å². The summed E-state index contributed by atoms with van der Waals surface area (Å²) >= 11 is 0. The molecule has 0 aliphatic carbocycles. The molecule has 1 saturated heterocycles. The van der Waals surface area contributed by atoms with E-state index in [-0.39, 0.29) is 43.1 Å². The van der Waals surface area contributed by atoms with Crippen LogP contribution in [-0.4, -0.2) is 48.6 Å². The number of nitrogens with zero attached hydrogens (tertiary/aromatic N) is 1. The van der Waals surface area contributed by atoms with Crippen molar-refractivity contribution in [3.63, 3.8) is 0 Å². The van der Waals surface area contributed by atoms with Gasteiger partial charge in [-0.25, -0.2) is 4.39 Å². The van der Waals surface area contributed by atoms with E-state index >= 15 is 0 Å². The number of carbonyl (C=O) groups is 2. The Morgan fingerprint density at radius 1 is 1.23 bits per heavy atom. The molecule has 0 aromatic heterocycles. The first-order valence-corrected chi connectivity index (χ1v) is 10.5. The lowest BCUT2D eigenvalue weighted by Crippen LogP contribution is -2.62. The number of halogens is 1. The van der Waals surface area contributed by atoms with Crippen molar-refractivity contribution >= 4 is 11.8 Å². The predicted octanol–water partition coefficient (Wildman–Crippen LogP) is 3.59. The summed E-state index contributed by atoms with van der Waals surface area (Å²) in [6.45, 7) is 8.56. The van der Waals surface area contributed by atoms with Gasteiger partial charge in [-0.2, -0.15) is 0 Å². The molecule has 0 unspecified atom stereocenters. The van der Waals surface area contributed by atoms with Crippen LogP contribution in [0, 0.1) is 11.7 Å². The summed E-state index contributed by atoms with van der Waals surface area (Å²) < 4.78 is 19.5. The van der Waals surface area contributed by atoms with E-state index in [1.165, 1.54) is 12.1 Å². The van der Waals surface area contributed by atoms with Gasteiger partial charge in [0.25, 0.3) is 5.91 Å². The van der Waals surface area contributed by atoms with Crippen LogP contribution < -0.4 is 5.32 Å². The van der Waals surface area contributed by atoms with Crippen molar-refractivity contribution in [3.8, 4) is 11.1 Å². The fourth-order valence-electron chi connectivity index (χ4n) is 3.88. The molecule has 1 fully saturated rings. The van der Waals surface area contributed by atoms with Crippen molar-refractivity contribution in [2.45, 2.75) is 25.9 Å². The molecule has 6 heteroatoms. The second kappa shape index (κ2) is 9.88. The van der Waals surface area contributed by atoms with Crippen molar-refractivity contribution in [2.24, 2.45) is 5.92 Å². The van der Waals surface area contributed by atoms with Crippen LogP contribution in [0.4, 0.5) is 4.39 Å². The number of hydrogen-bond donors (Lipinski definition) is 1. The maximum Gasteiger partial charge on any atom is 0.254 e. The summed E-state index contributed by atoms with van der Waals surface area (Å²) in [6, 6.07) is 14.0. The van der Waals surface area contributed by atoms with E-state index in [0.29, 0.717) is 13.1 Å². The molecule has 1 aliphatic rings. The second-order valence-electron chi connectivity index (χ2n) is 8.10. The maximum atomic E-state index is 13.4. The minimum atomic E-state index is -1.22. The number of ether oxygens (including phenoxy) is 1. The molecule has 5 nitrogen and oxygen atoms in total. The number of rotatable bonds is 7. The van der Waals surface area contributed by atoms with Gasteiger partial charge in [0.1, 0.15) is 5.82 Å². The van der Waals surface area contributed by atoms with Crippen LogP contribution in [0.1, 0.15) is 19.4 Å². The Labute approximate surface area is 182 Å². The molecule has 0 radical (unpaired) electrons. The van der Waals surface area contributed by atoms with Crippen molar-refractivity contribution in [3.05, 3.63) is 72.6 Å². The number of nitrogens with one attached hydrogen (secondary N) is 1. The lowest BCUT2D eigenvalue weighted by Gasteiger charge is -2.42. The Morgan fingerprint density at radius 2 is 1.94 bits per heavy atom. The molecule has 2 aromatic rings. The molecule has 1 heterocycles. The highest BCUT2D eigenvalue weighted by Gasteiger charge is 2.45. The van der Waals surface area contributed by atoms with Crippen LogP contribution in [-0.2, 0) is 20.7 Å². The van der Waals surface area contributed by atoms with E-state index in [0.717, 1.165) is 16.7 Å². The van der Waals surface area contributed by atoms with Crippen LogP contribution in [0.5, 0.6) is 0 Å². The van der Waals surface area contributed by atoms with Crippen LogP contribution in [0.3, 0.4) is 0 Å². The zero-order chi connectivity index (χ0) is 22.4. The van der Waals surface area contributed by atoms with E-state index in [9.17, 15) is 14.0 Å². The Kier molecular flexibility index (Phi) is 7.23. The lowest BCUT2D eigenvalue weighted by atomic mass is 9.87. The number of benzene rings is 2. The van der Waals surface area contributed by atoms with Crippen LogP contribution in [0.25, 0.3) is 11.1 Å². The molecular formula is C25H29FN2O3. The largest absolute Gasteiger partial charge is 0.361 e. The second-order valence-corrected chi connectivity index (χ2v) is 8.10. The molecule has 1 N–H and O–H groups in total. The van der Waals surface area contributed by atoms with Gasteiger partial charge in [0.15, 0.2) is 5.60 Å². The van der Waals surface area contributed by atoms with Crippen LogP contribution in [0.2, 0.25) is 0 Å². The topological polar surface area (TPSA) is 58.6 Å². The van der Waals surface area contributed by atoms with Crippen molar-refractivity contribution in [1.82, 2.24) is 10.2 Å². The smallest absolute Gasteiger partial charge is 0.254 e. The summed E-state index contributed by atoms with van der Waals surface area (Å²) in [7, 11) is 0. The summed E-state index contributed by atoms with van der Waals surface area (Å²) in [4.78, 5) is 27.6.